The molecule has 4 nitrogen and oxygen atoms in total. The molecule has 0 aliphatic rings. The van der Waals surface area contributed by atoms with Gasteiger partial charge in [0.2, 0.25) is 0 Å². The van der Waals surface area contributed by atoms with Gasteiger partial charge in [0, 0.05) is 10.9 Å². The van der Waals surface area contributed by atoms with Crippen molar-refractivity contribution in [2.75, 3.05) is 6.61 Å². The topological polar surface area (TPSA) is 44.1 Å². The number of aryl methyl sites for hydroxylation is 1. The van der Waals surface area contributed by atoms with E-state index in [4.69, 9.17) is 4.74 Å². The zero-order valence-electron chi connectivity index (χ0n) is 16.0. The summed E-state index contributed by atoms with van der Waals surface area (Å²) in [6.07, 6.45) is 2.62. The van der Waals surface area contributed by atoms with E-state index in [0.717, 1.165) is 33.7 Å². The van der Waals surface area contributed by atoms with Gasteiger partial charge >= 0.3 is 0 Å². The zero-order chi connectivity index (χ0) is 19.5. The number of rotatable bonds is 6. The van der Waals surface area contributed by atoms with Crippen molar-refractivity contribution in [3.63, 3.8) is 0 Å². The molecule has 0 spiro atoms. The van der Waals surface area contributed by atoms with Crippen LogP contribution >= 0.6 is 11.3 Å². The van der Waals surface area contributed by atoms with Crippen molar-refractivity contribution in [2.45, 2.75) is 26.8 Å². The first-order chi connectivity index (χ1) is 13.7. The highest BCUT2D eigenvalue weighted by molar-refractivity contribution is 7.17. The normalized spacial score (nSPS) is 11.1. The summed E-state index contributed by atoms with van der Waals surface area (Å²) < 4.78 is 7.34. The minimum Gasteiger partial charge on any atom is -0.494 e. The summed E-state index contributed by atoms with van der Waals surface area (Å²) in [6.45, 7) is 5.36. The molecule has 4 rings (SSSR count). The highest BCUT2D eigenvalue weighted by Gasteiger charge is 2.13. The van der Waals surface area contributed by atoms with Crippen molar-refractivity contribution in [2.24, 2.45) is 0 Å². The predicted molar refractivity (Wildman–Crippen MR) is 115 cm³/mol. The minimum absolute atomic E-state index is 0.00636. The molecule has 0 aliphatic heterocycles. The molecule has 0 unspecified atom stereocenters. The Balaban J connectivity index is 1.70. The number of aromatic nitrogens is 2. The van der Waals surface area contributed by atoms with Crippen LogP contribution < -0.4 is 10.3 Å². The Morgan fingerprint density at radius 3 is 2.54 bits per heavy atom. The van der Waals surface area contributed by atoms with Gasteiger partial charge in [-0.2, -0.15) is 0 Å². The fourth-order valence-corrected chi connectivity index (χ4v) is 4.04. The standard InChI is InChI=1S/C23H22N2O2S/c1-3-12-27-19-10-8-18(9-11-19)20-14-28-22-21(20)23(26)25(15-24-22)13-17-6-4-16(2)5-7-17/h4-11,14-15H,3,12-13H2,1-2H3. The Labute approximate surface area is 168 Å². The monoisotopic (exact) mass is 390 g/mol. The second-order valence-corrected chi connectivity index (χ2v) is 7.72. The highest BCUT2D eigenvalue weighted by Crippen LogP contribution is 2.31. The first-order valence-electron chi connectivity index (χ1n) is 9.41. The summed E-state index contributed by atoms with van der Waals surface area (Å²) in [7, 11) is 0. The van der Waals surface area contributed by atoms with Gasteiger partial charge in [-0.1, -0.05) is 48.9 Å². The Morgan fingerprint density at radius 2 is 1.82 bits per heavy atom. The van der Waals surface area contributed by atoms with Crippen LogP contribution in [0.1, 0.15) is 24.5 Å². The van der Waals surface area contributed by atoms with Crippen molar-refractivity contribution < 1.29 is 4.74 Å². The Hall–Kier alpha value is -2.92. The maximum atomic E-state index is 13.2. The van der Waals surface area contributed by atoms with E-state index in [-0.39, 0.29) is 5.56 Å². The lowest BCUT2D eigenvalue weighted by atomic mass is 10.1. The molecule has 142 valence electrons. The molecule has 0 bridgehead atoms. The number of thiophene rings is 1. The van der Waals surface area contributed by atoms with E-state index in [2.05, 4.69) is 43.1 Å². The van der Waals surface area contributed by atoms with E-state index in [1.165, 1.54) is 16.9 Å². The van der Waals surface area contributed by atoms with Crippen LogP contribution in [0.5, 0.6) is 5.75 Å². The second kappa shape index (κ2) is 7.98. The first kappa shape index (κ1) is 18.4. The summed E-state index contributed by atoms with van der Waals surface area (Å²) in [5.41, 5.74) is 4.22. The lowest BCUT2D eigenvalue weighted by Gasteiger charge is -2.08. The van der Waals surface area contributed by atoms with Crippen LogP contribution in [0.4, 0.5) is 0 Å². The number of ether oxygens (including phenoxy) is 1. The molecular weight excluding hydrogens is 368 g/mol. The van der Waals surface area contributed by atoms with Gasteiger partial charge in [0.1, 0.15) is 10.6 Å². The molecule has 4 aromatic rings. The summed E-state index contributed by atoms with van der Waals surface area (Å²) in [6, 6.07) is 16.1. The summed E-state index contributed by atoms with van der Waals surface area (Å²) in [4.78, 5) is 18.5. The van der Waals surface area contributed by atoms with E-state index in [1.54, 1.807) is 10.9 Å². The third kappa shape index (κ3) is 3.71. The smallest absolute Gasteiger partial charge is 0.263 e. The minimum atomic E-state index is -0.00636. The van der Waals surface area contributed by atoms with Gasteiger partial charge in [-0.15, -0.1) is 11.3 Å². The lowest BCUT2D eigenvalue weighted by Crippen LogP contribution is -2.20. The zero-order valence-corrected chi connectivity index (χ0v) is 16.8. The first-order valence-corrected chi connectivity index (χ1v) is 10.3. The Bertz CT molecular complexity index is 1140. The highest BCUT2D eigenvalue weighted by atomic mass is 32.1. The predicted octanol–water partition coefficient (Wildman–Crippen LogP) is 5.27. The molecule has 0 amide bonds. The van der Waals surface area contributed by atoms with Gasteiger partial charge in [0.25, 0.3) is 5.56 Å². The van der Waals surface area contributed by atoms with E-state index >= 15 is 0 Å². The van der Waals surface area contributed by atoms with Crippen molar-refractivity contribution in [3.05, 3.63) is 81.7 Å². The maximum Gasteiger partial charge on any atom is 0.263 e. The molecule has 28 heavy (non-hydrogen) atoms. The summed E-state index contributed by atoms with van der Waals surface area (Å²) >= 11 is 1.50. The van der Waals surface area contributed by atoms with Gasteiger partial charge in [-0.05, 0) is 36.6 Å². The fourth-order valence-electron chi connectivity index (χ4n) is 3.13. The van der Waals surface area contributed by atoms with Crippen LogP contribution in [0.2, 0.25) is 0 Å². The molecule has 0 N–H and O–H groups in total. The van der Waals surface area contributed by atoms with Crippen molar-refractivity contribution in [1.82, 2.24) is 9.55 Å². The van der Waals surface area contributed by atoms with Crippen LogP contribution in [0, 0.1) is 6.92 Å². The van der Waals surface area contributed by atoms with Gasteiger partial charge in [-0.3, -0.25) is 9.36 Å². The summed E-state index contributed by atoms with van der Waals surface area (Å²) in [5.74, 6) is 0.847. The lowest BCUT2D eigenvalue weighted by molar-refractivity contribution is 0.317. The van der Waals surface area contributed by atoms with Crippen LogP contribution in [0.25, 0.3) is 21.3 Å². The number of fused-ring (bicyclic) bond motifs is 1. The third-order valence-electron chi connectivity index (χ3n) is 4.67. The van der Waals surface area contributed by atoms with Crippen LogP contribution in [-0.2, 0) is 6.54 Å². The number of nitrogens with zero attached hydrogens (tertiary/aromatic N) is 2. The largest absolute Gasteiger partial charge is 0.494 e. The fraction of sp³-hybridized carbons (Fsp3) is 0.217. The van der Waals surface area contributed by atoms with Gasteiger partial charge in [0.05, 0.1) is 24.9 Å². The Kier molecular flexibility index (Phi) is 5.26. The molecule has 0 saturated heterocycles. The molecule has 0 aliphatic carbocycles. The van der Waals surface area contributed by atoms with E-state index in [1.807, 2.05) is 29.6 Å². The van der Waals surface area contributed by atoms with Crippen LogP contribution in [-0.4, -0.2) is 16.2 Å². The quantitative estimate of drug-likeness (QED) is 0.450. The van der Waals surface area contributed by atoms with Gasteiger partial charge in [-0.25, -0.2) is 4.98 Å². The molecule has 2 aromatic carbocycles. The third-order valence-corrected chi connectivity index (χ3v) is 5.56. The number of benzene rings is 2. The molecule has 0 fully saturated rings. The van der Waals surface area contributed by atoms with E-state index in [9.17, 15) is 4.79 Å². The average Bonchev–Trinajstić information content (AvgIpc) is 3.15. The molecule has 2 heterocycles. The van der Waals surface area contributed by atoms with Crippen LogP contribution in [0.3, 0.4) is 0 Å². The van der Waals surface area contributed by atoms with Gasteiger partial charge < -0.3 is 4.74 Å². The molecular formula is C23H22N2O2S. The number of hydrogen-bond donors (Lipinski definition) is 0. The molecule has 5 heteroatoms. The van der Waals surface area contributed by atoms with Crippen molar-refractivity contribution in [3.8, 4) is 16.9 Å². The molecule has 0 saturated carbocycles. The second-order valence-electron chi connectivity index (χ2n) is 6.87. The Morgan fingerprint density at radius 1 is 1.07 bits per heavy atom. The van der Waals surface area contributed by atoms with Crippen molar-refractivity contribution >= 4 is 21.6 Å². The average molecular weight is 391 g/mol. The maximum absolute atomic E-state index is 13.2. The van der Waals surface area contributed by atoms with Crippen molar-refractivity contribution in [1.29, 1.82) is 0 Å². The molecule has 2 aromatic heterocycles. The van der Waals surface area contributed by atoms with Gasteiger partial charge in [0.15, 0.2) is 0 Å². The van der Waals surface area contributed by atoms with Crippen LogP contribution in [0.15, 0.2) is 65.0 Å². The van der Waals surface area contributed by atoms with E-state index in [0.29, 0.717) is 18.5 Å². The van der Waals surface area contributed by atoms with E-state index < -0.39 is 0 Å². The molecule has 0 radical (unpaired) electrons. The SMILES string of the molecule is CCCOc1ccc(-c2csc3ncn(Cc4ccc(C)cc4)c(=O)c23)cc1. The molecule has 0 atom stereocenters. The summed E-state index contributed by atoms with van der Waals surface area (Å²) in [5, 5.41) is 2.69. The number of hydrogen-bond acceptors (Lipinski definition) is 4.